The average molecular weight is 633 g/mol. The molecule has 0 radical (unpaired) electrons. The van der Waals surface area contributed by atoms with Gasteiger partial charge in [0, 0.05) is 23.2 Å². The van der Waals surface area contributed by atoms with Crippen LogP contribution in [0, 0.1) is 0 Å². The number of carbonyl (C=O) groups excluding carboxylic acids is 2. The highest BCUT2D eigenvalue weighted by atomic mass is 16.5. The minimum Gasteiger partial charge on any atom is -0.462 e. The molecule has 1 aliphatic carbocycles. The lowest BCUT2D eigenvalue weighted by atomic mass is 9.77. The van der Waals surface area contributed by atoms with Crippen molar-refractivity contribution in [1.29, 1.82) is 0 Å². The van der Waals surface area contributed by atoms with Crippen LogP contribution in [-0.2, 0) is 27.9 Å². The second kappa shape index (κ2) is 12.5. The predicted octanol–water partition coefficient (Wildman–Crippen LogP) is 5.65. The number of fused-ring (bicyclic) bond motifs is 2. The summed E-state index contributed by atoms with van der Waals surface area (Å²) in [6.07, 6.45) is 4.56. The first-order valence-electron chi connectivity index (χ1n) is 16.2. The van der Waals surface area contributed by atoms with Crippen LogP contribution in [0.25, 0.3) is 22.5 Å². The molecule has 8 rings (SSSR count). The number of carbonyl (C=O) groups is 2. The number of aromatic amines is 1. The van der Waals surface area contributed by atoms with E-state index in [0.29, 0.717) is 37.1 Å². The number of ether oxygens (including phenoxy) is 2. The molecule has 240 valence electrons. The number of nitrogens with zero attached hydrogens (tertiary/aromatic N) is 5. The Hall–Kier alpha value is -5.32. The van der Waals surface area contributed by atoms with Crippen LogP contribution in [-0.4, -0.2) is 48.5 Å². The van der Waals surface area contributed by atoms with Crippen LogP contribution in [0.15, 0.2) is 77.6 Å². The molecule has 2 aliphatic heterocycles. The number of hydrogen-bond acceptors (Lipinski definition) is 8. The Morgan fingerprint density at radius 2 is 1.74 bits per heavy atom. The average Bonchev–Trinajstić information content (AvgIpc) is 3.74. The molecule has 3 aliphatic rings. The Morgan fingerprint density at radius 1 is 0.979 bits per heavy atom. The maximum absolute atomic E-state index is 14.2. The summed E-state index contributed by atoms with van der Waals surface area (Å²) in [4.78, 5) is 40.7. The lowest BCUT2D eigenvalue weighted by molar-refractivity contribution is -0.152. The quantitative estimate of drug-likeness (QED) is 0.154. The zero-order chi connectivity index (χ0) is 32.5. The van der Waals surface area contributed by atoms with Gasteiger partial charge in [-0.05, 0) is 79.1 Å². The number of nitrogens with one attached hydrogen (secondary N) is 1. The first-order chi connectivity index (χ1) is 22.9. The molecule has 0 unspecified atom stereocenters. The maximum atomic E-state index is 14.2. The van der Waals surface area contributed by atoms with Gasteiger partial charge in [-0.25, -0.2) is 14.3 Å². The fraction of sp³-hybridized carbons (Fsp3) is 0.333. The lowest BCUT2D eigenvalue weighted by Crippen LogP contribution is -2.56. The fourth-order valence-corrected chi connectivity index (χ4v) is 7.22. The van der Waals surface area contributed by atoms with Crippen molar-refractivity contribution in [3.63, 3.8) is 0 Å². The number of hydrogen-bond donors (Lipinski definition) is 1. The van der Waals surface area contributed by atoms with Gasteiger partial charge in [0.05, 0.1) is 18.2 Å². The molecule has 1 fully saturated rings. The van der Waals surface area contributed by atoms with Gasteiger partial charge in [-0.15, -0.1) is 10.2 Å². The van der Waals surface area contributed by atoms with Gasteiger partial charge in [-0.3, -0.25) is 9.48 Å². The molecule has 0 amide bonds. The van der Waals surface area contributed by atoms with Gasteiger partial charge in [-0.2, -0.15) is 5.21 Å². The Morgan fingerprint density at radius 3 is 2.45 bits per heavy atom. The van der Waals surface area contributed by atoms with Crippen molar-refractivity contribution >= 4 is 11.9 Å². The van der Waals surface area contributed by atoms with E-state index in [1.165, 1.54) is 6.07 Å². The van der Waals surface area contributed by atoms with Crippen molar-refractivity contribution in [2.75, 3.05) is 6.61 Å². The number of benzene rings is 3. The third kappa shape index (κ3) is 5.35. The minimum atomic E-state index is -1.00. The molecule has 0 spiro atoms. The van der Waals surface area contributed by atoms with Crippen LogP contribution in [0.2, 0.25) is 0 Å². The monoisotopic (exact) mass is 632 g/mol. The summed E-state index contributed by atoms with van der Waals surface area (Å²) in [6.45, 7) is 4.08. The van der Waals surface area contributed by atoms with E-state index in [0.717, 1.165) is 52.8 Å². The van der Waals surface area contributed by atoms with Crippen LogP contribution in [0.5, 0.6) is 5.75 Å². The topological polar surface area (TPSA) is 134 Å². The number of rotatable bonds is 10. The van der Waals surface area contributed by atoms with E-state index >= 15 is 0 Å². The molecule has 2 aromatic heterocycles. The molecule has 0 atom stereocenters. The maximum Gasteiger partial charge on any atom is 0.339 e. The summed E-state index contributed by atoms with van der Waals surface area (Å²) in [5.41, 5.74) is 4.76. The second-order valence-electron chi connectivity index (χ2n) is 12.2. The lowest BCUT2D eigenvalue weighted by Gasteiger charge is -2.47. The molecule has 1 saturated carbocycles. The van der Waals surface area contributed by atoms with Gasteiger partial charge in [0.2, 0.25) is 5.82 Å². The van der Waals surface area contributed by atoms with Gasteiger partial charge in [-0.1, -0.05) is 67.9 Å². The van der Waals surface area contributed by atoms with Crippen LogP contribution < -0.4 is 10.3 Å². The highest BCUT2D eigenvalue weighted by Crippen LogP contribution is 2.47. The smallest absolute Gasteiger partial charge is 0.339 e. The van der Waals surface area contributed by atoms with Crippen molar-refractivity contribution in [3.05, 3.63) is 106 Å². The Kier molecular flexibility index (Phi) is 8.05. The molecule has 11 heteroatoms. The minimum absolute atomic E-state index is 0.0362. The summed E-state index contributed by atoms with van der Waals surface area (Å²) in [5, 5.41) is 14.5. The normalized spacial score (nSPS) is 18.1. The summed E-state index contributed by atoms with van der Waals surface area (Å²) in [5.74, 6) is -0.0777. The van der Waals surface area contributed by atoms with Crippen LogP contribution in [0.4, 0.5) is 0 Å². The molecule has 1 N–H and O–H groups in total. The molecule has 11 nitrogen and oxygen atoms in total. The van der Waals surface area contributed by atoms with Crippen LogP contribution >= 0.6 is 0 Å². The van der Waals surface area contributed by atoms with Gasteiger partial charge in [0.25, 0.3) is 5.56 Å². The predicted molar refractivity (Wildman–Crippen MR) is 174 cm³/mol. The van der Waals surface area contributed by atoms with Crippen molar-refractivity contribution < 1.29 is 19.1 Å². The van der Waals surface area contributed by atoms with Gasteiger partial charge < -0.3 is 9.47 Å². The van der Waals surface area contributed by atoms with Crippen molar-refractivity contribution in [2.24, 2.45) is 0 Å². The van der Waals surface area contributed by atoms with Crippen LogP contribution in [0.1, 0.15) is 79.2 Å². The second-order valence-corrected chi connectivity index (χ2v) is 12.2. The molecule has 5 aromatic rings. The number of tetrazole rings is 1. The fourth-order valence-electron chi connectivity index (χ4n) is 7.22. The summed E-state index contributed by atoms with van der Waals surface area (Å²) in [7, 11) is 0. The Labute approximate surface area is 271 Å². The van der Waals surface area contributed by atoms with Gasteiger partial charge in [0.1, 0.15) is 5.75 Å². The zero-order valence-electron chi connectivity index (χ0n) is 26.4. The van der Waals surface area contributed by atoms with Crippen molar-refractivity contribution in [2.45, 2.75) is 70.4 Å². The Balaban J connectivity index is 1.21. The number of H-pyrrole nitrogens is 1. The number of aromatic nitrogens is 6. The molecule has 2 bridgehead atoms. The van der Waals surface area contributed by atoms with E-state index in [2.05, 4.69) is 27.5 Å². The van der Waals surface area contributed by atoms with E-state index in [4.69, 9.17) is 9.47 Å². The number of esters is 2. The van der Waals surface area contributed by atoms with Crippen molar-refractivity contribution in [1.82, 2.24) is 30.0 Å². The molecule has 4 heterocycles. The Bertz CT molecular complexity index is 1980. The zero-order valence-corrected chi connectivity index (χ0v) is 26.4. The van der Waals surface area contributed by atoms with Crippen LogP contribution in [0.3, 0.4) is 0 Å². The van der Waals surface area contributed by atoms with E-state index in [9.17, 15) is 14.4 Å². The summed E-state index contributed by atoms with van der Waals surface area (Å²) >= 11 is 0. The third-order valence-corrected chi connectivity index (χ3v) is 9.40. The standard InChI is InChI=1S/C36H36N6O5/c1-3-8-31-30(21-23-13-15-24(16-14-23)28-11-5-6-12-29(28)32-37-39-40-38-32)33(43)41-26-17-19-36(20-18-26,42(31)41)35(45)47-27-10-7-9-25(22-27)34(44)46-4-2/h5-7,9-16,22,26H,3-4,8,17-21H2,1-2H3,(H,37,38,39,40). The molecular weight excluding hydrogens is 596 g/mol. The SMILES string of the molecule is CCCc1c(Cc2ccc(-c3ccccc3-c3nn[nH]n3)cc2)c(=O)n2n1C1(C(=O)Oc3cccc(C(=O)OCC)c3)CCC2CC1. The molecule has 47 heavy (non-hydrogen) atoms. The summed E-state index contributed by atoms with van der Waals surface area (Å²) < 4.78 is 14.9. The highest BCUT2D eigenvalue weighted by Gasteiger charge is 2.53. The van der Waals surface area contributed by atoms with Gasteiger partial charge >= 0.3 is 11.9 Å². The molecular formula is C36H36N6O5. The first-order valence-corrected chi connectivity index (χ1v) is 16.2. The van der Waals surface area contributed by atoms with Crippen molar-refractivity contribution in [3.8, 4) is 28.3 Å². The molecule has 0 saturated heterocycles. The van der Waals surface area contributed by atoms with E-state index in [1.54, 1.807) is 25.1 Å². The summed E-state index contributed by atoms with van der Waals surface area (Å²) in [6, 6.07) is 22.6. The van der Waals surface area contributed by atoms with E-state index < -0.39 is 17.5 Å². The van der Waals surface area contributed by atoms with Gasteiger partial charge in [0.15, 0.2) is 5.54 Å². The third-order valence-electron chi connectivity index (χ3n) is 9.40. The van der Waals surface area contributed by atoms with E-state index in [-0.39, 0.29) is 24.0 Å². The first kappa shape index (κ1) is 30.3. The van der Waals surface area contributed by atoms with E-state index in [1.807, 2.05) is 57.9 Å². The largest absolute Gasteiger partial charge is 0.462 e. The highest BCUT2D eigenvalue weighted by molar-refractivity contribution is 5.90. The molecule has 3 aromatic carbocycles.